The summed E-state index contributed by atoms with van der Waals surface area (Å²) in [5.41, 5.74) is 3.04. The maximum atomic E-state index is 12.6. The molecule has 0 atom stereocenters. The highest BCUT2D eigenvalue weighted by molar-refractivity contribution is 5.74. The molecule has 0 radical (unpaired) electrons. The first-order valence-corrected chi connectivity index (χ1v) is 7.11. The largest absolute Gasteiger partial charge is 0.385 e. The van der Waals surface area contributed by atoms with Gasteiger partial charge in [0.05, 0.1) is 17.6 Å². The van der Waals surface area contributed by atoms with Gasteiger partial charge in [0.2, 0.25) is 0 Å². The number of hydrogen-bond donors (Lipinski definition) is 2. The highest BCUT2D eigenvalue weighted by Crippen LogP contribution is 2.31. The van der Waals surface area contributed by atoms with Crippen LogP contribution in [0.25, 0.3) is 0 Å². The van der Waals surface area contributed by atoms with Gasteiger partial charge in [0, 0.05) is 25.8 Å². The summed E-state index contributed by atoms with van der Waals surface area (Å²) in [6.45, 7) is -0.552. The molecule has 1 heterocycles. The van der Waals surface area contributed by atoms with Crippen LogP contribution in [-0.4, -0.2) is 25.6 Å². The van der Waals surface area contributed by atoms with Gasteiger partial charge < -0.3 is 15.5 Å². The molecular weight excluding hydrogens is 286 g/mol. The molecule has 0 spiro atoms. The fourth-order valence-electron chi connectivity index (χ4n) is 2.32. The van der Waals surface area contributed by atoms with Gasteiger partial charge in [0.15, 0.2) is 0 Å². The lowest BCUT2D eigenvalue weighted by Crippen LogP contribution is -2.15. The lowest BCUT2D eigenvalue weighted by Gasteiger charge is -2.22. The van der Waals surface area contributed by atoms with Crippen molar-refractivity contribution < 1.29 is 8.78 Å². The zero-order valence-corrected chi connectivity index (χ0v) is 12.9. The molecule has 22 heavy (non-hydrogen) atoms. The Morgan fingerprint density at radius 1 is 1.23 bits per heavy atom. The molecule has 0 aliphatic carbocycles. The number of halogens is 2. The number of nitrogens with zero attached hydrogens (tertiary/aromatic N) is 2. The Hall–Kier alpha value is -2.37. The molecule has 0 unspecified atom stereocenters. The fourth-order valence-corrected chi connectivity index (χ4v) is 2.32. The van der Waals surface area contributed by atoms with Crippen molar-refractivity contribution in [3.63, 3.8) is 0 Å². The van der Waals surface area contributed by atoms with E-state index in [2.05, 4.69) is 22.5 Å². The number of nitrogens with one attached hydrogen (secondary N) is 2. The number of hydrogen-bond acceptors (Lipinski definition) is 4. The number of aryl methyl sites for hydroxylation is 1. The molecule has 1 aromatic heterocycles. The Balaban J connectivity index is 2.39. The molecule has 2 aromatic rings. The minimum atomic E-state index is -2.63. The van der Waals surface area contributed by atoms with Gasteiger partial charge >= 0.3 is 6.55 Å². The number of alkyl halides is 2. The third-order valence-electron chi connectivity index (χ3n) is 3.50. The zero-order valence-electron chi connectivity index (χ0n) is 12.9. The first-order chi connectivity index (χ1) is 10.6. The van der Waals surface area contributed by atoms with E-state index >= 15 is 0 Å². The van der Waals surface area contributed by atoms with E-state index in [1.165, 1.54) is 5.56 Å². The van der Waals surface area contributed by atoms with Gasteiger partial charge in [-0.25, -0.2) is 4.98 Å². The summed E-state index contributed by atoms with van der Waals surface area (Å²) in [4.78, 5) is 6.25. The number of para-hydroxylation sites is 1. The van der Waals surface area contributed by atoms with Crippen LogP contribution in [0, 0.1) is 0 Å². The van der Waals surface area contributed by atoms with Crippen LogP contribution >= 0.6 is 0 Å². The maximum Gasteiger partial charge on any atom is 0.313 e. The summed E-state index contributed by atoms with van der Waals surface area (Å²) in [5.74, 6) is 0.600. The third-order valence-corrected chi connectivity index (χ3v) is 3.50. The fraction of sp³-hybridized carbons (Fsp3) is 0.312. The molecule has 0 saturated carbocycles. The van der Waals surface area contributed by atoms with Crippen LogP contribution in [0.2, 0.25) is 0 Å². The summed E-state index contributed by atoms with van der Waals surface area (Å²) in [6, 6.07) is 9.59. The van der Waals surface area contributed by atoms with Gasteiger partial charge in [-0.1, -0.05) is 25.1 Å². The van der Waals surface area contributed by atoms with Crippen LogP contribution in [0.3, 0.4) is 0 Å². The third kappa shape index (κ3) is 3.44. The van der Waals surface area contributed by atoms with Gasteiger partial charge in [0.1, 0.15) is 5.82 Å². The van der Waals surface area contributed by atoms with Crippen molar-refractivity contribution in [1.29, 1.82) is 0 Å². The van der Waals surface area contributed by atoms with Gasteiger partial charge in [-0.05, 0) is 18.1 Å². The summed E-state index contributed by atoms with van der Waals surface area (Å²) >= 11 is 0. The predicted octanol–water partition coefficient (Wildman–Crippen LogP) is 4.09. The average molecular weight is 306 g/mol. The van der Waals surface area contributed by atoms with Crippen molar-refractivity contribution in [3.05, 3.63) is 42.1 Å². The summed E-state index contributed by atoms with van der Waals surface area (Å²) in [5, 5.41) is 4.99. The lowest BCUT2D eigenvalue weighted by atomic mass is 10.1. The van der Waals surface area contributed by atoms with Crippen LogP contribution in [0.5, 0.6) is 0 Å². The molecule has 0 aliphatic heterocycles. The van der Waals surface area contributed by atoms with Crippen molar-refractivity contribution in [2.45, 2.75) is 19.9 Å². The summed E-state index contributed by atoms with van der Waals surface area (Å²) in [7, 11) is 3.55. The lowest BCUT2D eigenvalue weighted by molar-refractivity contribution is 0.181. The van der Waals surface area contributed by atoms with Crippen molar-refractivity contribution in [2.24, 2.45) is 0 Å². The van der Waals surface area contributed by atoms with Crippen LogP contribution in [-0.2, 0) is 6.42 Å². The second-order valence-corrected chi connectivity index (χ2v) is 4.82. The van der Waals surface area contributed by atoms with E-state index in [4.69, 9.17) is 0 Å². The van der Waals surface area contributed by atoms with Gasteiger partial charge in [0.25, 0.3) is 0 Å². The molecule has 0 amide bonds. The van der Waals surface area contributed by atoms with Gasteiger partial charge in [-0.3, -0.25) is 0 Å². The van der Waals surface area contributed by atoms with E-state index in [9.17, 15) is 8.78 Å². The highest BCUT2D eigenvalue weighted by atomic mass is 19.3. The topological polar surface area (TPSA) is 40.2 Å². The molecule has 1 aromatic carbocycles. The molecule has 0 bridgehead atoms. The molecule has 4 nitrogen and oxygen atoms in total. The van der Waals surface area contributed by atoms with E-state index < -0.39 is 6.55 Å². The zero-order chi connectivity index (χ0) is 16.1. The number of rotatable bonds is 6. The number of benzene rings is 1. The van der Waals surface area contributed by atoms with Crippen LogP contribution < -0.4 is 15.5 Å². The van der Waals surface area contributed by atoms with E-state index in [0.717, 1.165) is 12.1 Å². The molecule has 2 rings (SSSR count). The molecule has 0 saturated heterocycles. The quantitative estimate of drug-likeness (QED) is 0.789. The predicted molar refractivity (Wildman–Crippen MR) is 87.3 cm³/mol. The second kappa shape index (κ2) is 7.06. The molecule has 0 fully saturated rings. The van der Waals surface area contributed by atoms with E-state index in [-0.39, 0.29) is 0 Å². The Kier molecular flexibility index (Phi) is 5.14. The van der Waals surface area contributed by atoms with E-state index in [1.54, 1.807) is 19.3 Å². The van der Waals surface area contributed by atoms with Crippen LogP contribution in [0.1, 0.15) is 12.5 Å². The summed E-state index contributed by atoms with van der Waals surface area (Å²) in [6.07, 6.45) is 2.43. The van der Waals surface area contributed by atoms with Crippen LogP contribution in [0.15, 0.2) is 36.5 Å². The van der Waals surface area contributed by atoms with Gasteiger partial charge in [-0.15, -0.1) is 0 Å². The number of anilines is 4. The molecule has 0 aliphatic rings. The minimum absolute atomic E-state index is 0.323. The van der Waals surface area contributed by atoms with Crippen LogP contribution in [0.4, 0.5) is 31.7 Å². The van der Waals surface area contributed by atoms with Gasteiger partial charge in [-0.2, -0.15) is 8.78 Å². The molecular formula is C16H20F2N4. The maximum absolute atomic E-state index is 12.6. The normalized spacial score (nSPS) is 10.6. The molecule has 118 valence electrons. The standard InChI is InChI=1S/C16H20F2N4/c1-4-11-7-5-6-8-14(11)22(3)15-9-12(21-16(17)18)13(19-2)10-20-15/h5-10,16,19H,4H2,1-3H3,(H,20,21). The van der Waals surface area contributed by atoms with Crippen molar-refractivity contribution in [3.8, 4) is 0 Å². The Morgan fingerprint density at radius 2 is 1.95 bits per heavy atom. The average Bonchev–Trinajstić information content (AvgIpc) is 2.53. The SMILES string of the molecule is CCc1ccccc1N(C)c1cc(NC(F)F)c(NC)cn1. The Bertz CT molecular complexity index is 631. The van der Waals surface area contributed by atoms with Crippen molar-refractivity contribution >= 4 is 22.9 Å². The first-order valence-electron chi connectivity index (χ1n) is 7.11. The smallest absolute Gasteiger partial charge is 0.313 e. The van der Waals surface area contributed by atoms with Crippen molar-refractivity contribution in [2.75, 3.05) is 29.6 Å². The number of pyridine rings is 1. The Morgan fingerprint density at radius 3 is 2.59 bits per heavy atom. The highest BCUT2D eigenvalue weighted by Gasteiger charge is 2.13. The monoisotopic (exact) mass is 306 g/mol. The second-order valence-electron chi connectivity index (χ2n) is 4.82. The Labute approximate surface area is 129 Å². The van der Waals surface area contributed by atoms with Crippen molar-refractivity contribution in [1.82, 2.24) is 4.98 Å². The molecule has 2 N–H and O–H groups in total. The number of aromatic nitrogens is 1. The van der Waals surface area contributed by atoms with E-state index in [0.29, 0.717) is 17.2 Å². The summed E-state index contributed by atoms with van der Waals surface area (Å²) < 4.78 is 25.3. The van der Waals surface area contributed by atoms with E-state index in [1.807, 2.05) is 36.2 Å². The molecule has 6 heteroatoms. The first kappa shape index (κ1) is 16.0. The minimum Gasteiger partial charge on any atom is -0.385 e.